The van der Waals surface area contributed by atoms with E-state index < -0.39 is 17.8 Å². The zero-order valence-corrected chi connectivity index (χ0v) is 14.7. The lowest BCUT2D eigenvalue weighted by atomic mass is 10.0. The van der Waals surface area contributed by atoms with Crippen molar-refractivity contribution in [3.63, 3.8) is 0 Å². The van der Waals surface area contributed by atoms with E-state index in [1.165, 1.54) is 12.1 Å². The third-order valence-corrected chi connectivity index (χ3v) is 4.03. The number of benzene rings is 1. The number of hydrogen-bond donors (Lipinski definition) is 2. The summed E-state index contributed by atoms with van der Waals surface area (Å²) in [5, 5.41) is 2.66. The van der Waals surface area contributed by atoms with E-state index in [-0.39, 0.29) is 24.3 Å². The Morgan fingerprint density at radius 1 is 1.31 bits per heavy atom. The highest BCUT2D eigenvalue weighted by Gasteiger charge is 2.30. The third-order valence-electron chi connectivity index (χ3n) is 4.03. The molecule has 0 bridgehead atoms. The summed E-state index contributed by atoms with van der Waals surface area (Å²) in [6, 6.07) is 4.25. The van der Waals surface area contributed by atoms with E-state index in [9.17, 15) is 22.8 Å². The van der Waals surface area contributed by atoms with Gasteiger partial charge in [0, 0.05) is 17.7 Å². The average Bonchev–Trinajstić information content (AvgIpc) is 2.53. The van der Waals surface area contributed by atoms with Crippen molar-refractivity contribution in [1.29, 1.82) is 0 Å². The molecule has 0 unspecified atom stereocenters. The lowest BCUT2D eigenvalue weighted by Crippen LogP contribution is -2.28. The molecule has 8 heteroatoms. The van der Waals surface area contributed by atoms with Crippen molar-refractivity contribution in [2.75, 3.05) is 0 Å². The Hall–Kier alpha value is -2.64. The van der Waals surface area contributed by atoms with Crippen molar-refractivity contribution in [3.8, 4) is 0 Å². The van der Waals surface area contributed by atoms with E-state index in [2.05, 4.69) is 15.3 Å². The molecule has 1 aromatic heterocycles. The van der Waals surface area contributed by atoms with Crippen molar-refractivity contribution in [1.82, 2.24) is 15.3 Å². The van der Waals surface area contributed by atoms with Gasteiger partial charge in [-0.2, -0.15) is 13.2 Å². The molecule has 1 heterocycles. The summed E-state index contributed by atoms with van der Waals surface area (Å²) in [6.07, 6.45) is -4.19. The summed E-state index contributed by atoms with van der Waals surface area (Å²) < 4.78 is 38.3. The van der Waals surface area contributed by atoms with Crippen LogP contribution in [0.15, 0.2) is 29.1 Å². The lowest BCUT2D eigenvalue weighted by molar-refractivity contribution is -0.137. The van der Waals surface area contributed by atoms with Crippen LogP contribution < -0.4 is 10.9 Å². The Labute approximate surface area is 148 Å². The van der Waals surface area contributed by atoms with Crippen molar-refractivity contribution in [3.05, 3.63) is 62.8 Å². The zero-order chi connectivity index (χ0) is 19.5. The van der Waals surface area contributed by atoms with Gasteiger partial charge in [0.1, 0.15) is 5.82 Å². The molecule has 0 fully saturated rings. The Balaban J connectivity index is 2.01. The van der Waals surface area contributed by atoms with Crippen LogP contribution in [0.4, 0.5) is 13.2 Å². The molecule has 0 spiro atoms. The number of rotatable bonds is 5. The van der Waals surface area contributed by atoms with Crippen molar-refractivity contribution >= 4 is 5.91 Å². The number of halogens is 3. The van der Waals surface area contributed by atoms with E-state index in [1.807, 2.05) is 0 Å². The molecule has 1 atom stereocenters. The Morgan fingerprint density at radius 2 is 2.00 bits per heavy atom. The van der Waals surface area contributed by atoms with Crippen LogP contribution in [0, 0.1) is 13.8 Å². The molecular formula is C18H20F3N3O2. The number of alkyl halides is 3. The van der Waals surface area contributed by atoms with Crippen LogP contribution in [0.5, 0.6) is 0 Å². The second-order valence-corrected chi connectivity index (χ2v) is 6.13. The summed E-state index contributed by atoms with van der Waals surface area (Å²) >= 11 is 0. The normalized spacial score (nSPS) is 12.7. The highest BCUT2D eigenvalue weighted by Crippen LogP contribution is 2.30. The fourth-order valence-corrected chi connectivity index (χ4v) is 2.67. The van der Waals surface area contributed by atoms with Crippen LogP contribution in [0.2, 0.25) is 0 Å². The highest BCUT2D eigenvalue weighted by molar-refractivity contribution is 5.76. The van der Waals surface area contributed by atoms with Gasteiger partial charge >= 0.3 is 6.18 Å². The molecule has 0 saturated carbocycles. The van der Waals surface area contributed by atoms with Crippen LogP contribution in [0.25, 0.3) is 0 Å². The molecule has 5 nitrogen and oxygen atoms in total. The molecule has 0 aliphatic heterocycles. The maximum absolute atomic E-state index is 12.8. The van der Waals surface area contributed by atoms with Gasteiger partial charge in [0.15, 0.2) is 0 Å². The minimum Gasteiger partial charge on any atom is -0.350 e. The topological polar surface area (TPSA) is 74.8 Å². The van der Waals surface area contributed by atoms with Gasteiger partial charge < -0.3 is 10.3 Å². The van der Waals surface area contributed by atoms with Crippen molar-refractivity contribution in [2.24, 2.45) is 0 Å². The Bertz CT molecular complexity index is 859. The van der Waals surface area contributed by atoms with Gasteiger partial charge in [0.25, 0.3) is 5.56 Å². The van der Waals surface area contributed by atoms with E-state index in [0.29, 0.717) is 22.6 Å². The second-order valence-electron chi connectivity index (χ2n) is 6.13. The first-order chi connectivity index (χ1) is 12.1. The van der Waals surface area contributed by atoms with Gasteiger partial charge in [0.2, 0.25) is 5.91 Å². The van der Waals surface area contributed by atoms with E-state index in [4.69, 9.17) is 0 Å². The molecule has 0 radical (unpaired) electrons. The first kappa shape index (κ1) is 19.7. The molecule has 2 N–H and O–H groups in total. The van der Waals surface area contributed by atoms with E-state index in [0.717, 1.165) is 12.1 Å². The molecule has 26 heavy (non-hydrogen) atoms. The van der Waals surface area contributed by atoms with Gasteiger partial charge in [0.05, 0.1) is 11.6 Å². The van der Waals surface area contributed by atoms with Crippen molar-refractivity contribution < 1.29 is 18.0 Å². The number of nitrogens with zero attached hydrogens (tertiary/aromatic N) is 1. The van der Waals surface area contributed by atoms with Gasteiger partial charge in [-0.3, -0.25) is 9.59 Å². The third kappa shape index (κ3) is 4.93. The number of amides is 1. The van der Waals surface area contributed by atoms with Crippen molar-refractivity contribution in [2.45, 2.75) is 45.8 Å². The number of carbonyl (C=O) groups excluding carboxylic acids is 1. The van der Waals surface area contributed by atoms with E-state index >= 15 is 0 Å². The first-order valence-corrected chi connectivity index (χ1v) is 8.11. The standard InChI is InChI=1S/C18H20F3N3O2/c1-10(13-5-4-6-14(9-13)18(19,20)21)23-16(25)8-7-15-11(2)22-12(3)24-17(15)26/h4-6,9-10H,7-8H2,1-3H3,(H,23,25)(H,22,24,26)/t10-/m1/s1. The highest BCUT2D eigenvalue weighted by atomic mass is 19.4. The molecular weight excluding hydrogens is 347 g/mol. The number of hydrogen-bond acceptors (Lipinski definition) is 3. The van der Waals surface area contributed by atoms with Crippen LogP contribution in [-0.2, 0) is 17.4 Å². The summed E-state index contributed by atoms with van der Waals surface area (Å²) in [4.78, 5) is 30.8. The first-order valence-electron chi connectivity index (χ1n) is 8.11. The number of aromatic amines is 1. The summed E-state index contributed by atoms with van der Waals surface area (Å²) in [5.41, 5.74) is 0.305. The maximum atomic E-state index is 12.8. The number of H-pyrrole nitrogens is 1. The predicted molar refractivity (Wildman–Crippen MR) is 90.7 cm³/mol. The number of aromatic nitrogens is 2. The zero-order valence-electron chi connectivity index (χ0n) is 14.7. The molecule has 140 valence electrons. The minimum absolute atomic E-state index is 0.0396. The minimum atomic E-state index is -4.43. The van der Waals surface area contributed by atoms with Crippen LogP contribution in [0.1, 0.15) is 47.6 Å². The molecule has 0 saturated heterocycles. The quantitative estimate of drug-likeness (QED) is 0.852. The van der Waals surface area contributed by atoms with Gasteiger partial charge in [-0.25, -0.2) is 4.98 Å². The monoisotopic (exact) mass is 367 g/mol. The number of carbonyl (C=O) groups is 1. The maximum Gasteiger partial charge on any atom is 0.416 e. The summed E-state index contributed by atoms with van der Waals surface area (Å²) in [7, 11) is 0. The second kappa shape index (κ2) is 7.72. The van der Waals surface area contributed by atoms with Gasteiger partial charge in [-0.1, -0.05) is 12.1 Å². The Morgan fingerprint density at radius 3 is 2.62 bits per heavy atom. The SMILES string of the molecule is Cc1nc(C)c(CCC(=O)N[C@H](C)c2cccc(C(F)(F)F)c2)c(=O)[nH]1. The smallest absolute Gasteiger partial charge is 0.350 e. The molecule has 2 rings (SSSR count). The Kier molecular flexibility index (Phi) is 5.84. The molecule has 0 aliphatic rings. The van der Waals surface area contributed by atoms with Crippen LogP contribution >= 0.6 is 0 Å². The summed E-state index contributed by atoms with van der Waals surface area (Å²) in [5.74, 6) is 0.146. The average molecular weight is 367 g/mol. The van der Waals surface area contributed by atoms with E-state index in [1.54, 1.807) is 20.8 Å². The van der Waals surface area contributed by atoms with Crippen LogP contribution in [-0.4, -0.2) is 15.9 Å². The van der Waals surface area contributed by atoms with Crippen LogP contribution in [0.3, 0.4) is 0 Å². The molecule has 0 aliphatic carbocycles. The van der Waals surface area contributed by atoms with Gasteiger partial charge in [-0.15, -0.1) is 0 Å². The predicted octanol–water partition coefficient (Wildman–Crippen LogP) is 3.22. The molecule has 2 aromatic rings. The largest absolute Gasteiger partial charge is 0.416 e. The fourth-order valence-electron chi connectivity index (χ4n) is 2.67. The number of aryl methyl sites for hydroxylation is 2. The summed E-state index contributed by atoms with van der Waals surface area (Å²) in [6.45, 7) is 4.97. The fraction of sp³-hybridized carbons (Fsp3) is 0.389. The van der Waals surface area contributed by atoms with Gasteiger partial charge in [-0.05, 0) is 44.9 Å². The number of nitrogens with one attached hydrogen (secondary N) is 2. The molecule has 1 amide bonds. The lowest BCUT2D eigenvalue weighted by Gasteiger charge is -2.16. The molecule has 1 aromatic carbocycles.